The molecule has 1 aliphatic heterocycles. The molecule has 1 atom stereocenters. The molecule has 1 fully saturated rings. The van der Waals surface area contributed by atoms with E-state index in [1.165, 1.54) is 0 Å². The van der Waals surface area contributed by atoms with Gasteiger partial charge in [0.15, 0.2) is 0 Å². The molecular weight excluding hydrogens is 246 g/mol. The van der Waals surface area contributed by atoms with Gasteiger partial charge in [-0.15, -0.1) is 0 Å². The van der Waals surface area contributed by atoms with Crippen LogP contribution in [0.2, 0.25) is 0 Å². The molecule has 1 rings (SSSR count). The zero-order valence-corrected chi connectivity index (χ0v) is 12.8. The number of hydrogen-bond donors (Lipinski definition) is 1. The van der Waals surface area contributed by atoms with Crippen LogP contribution in [0.5, 0.6) is 0 Å². The van der Waals surface area contributed by atoms with E-state index in [0.29, 0.717) is 6.04 Å². The highest BCUT2D eigenvalue weighted by Gasteiger charge is 2.32. The zero-order chi connectivity index (χ0) is 13.6. The quantitative estimate of drug-likeness (QED) is 0.775. The number of aliphatic hydroxyl groups is 1. The monoisotopic (exact) mass is 273 g/mol. The van der Waals surface area contributed by atoms with Crippen LogP contribution in [0, 0.1) is 0 Å². The Labute approximate surface area is 115 Å². The maximum absolute atomic E-state index is 12.3. The first-order valence-electron chi connectivity index (χ1n) is 7.08. The number of carbonyl (C=O) groups is 1. The van der Waals surface area contributed by atoms with E-state index in [0.717, 1.165) is 43.6 Å². The highest BCUT2D eigenvalue weighted by Crippen LogP contribution is 2.27. The number of thioether (sulfide) groups is 1. The van der Waals surface area contributed by atoms with E-state index in [-0.39, 0.29) is 12.3 Å². The number of amides is 1. The van der Waals surface area contributed by atoms with Gasteiger partial charge in [-0.1, -0.05) is 26.7 Å². The summed E-state index contributed by atoms with van der Waals surface area (Å²) in [5, 5.41) is 10.5. The van der Waals surface area contributed by atoms with Crippen LogP contribution in [0.1, 0.15) is 52.4 Å². The van der Waals surface area contributed by atoms with Gasteiger partial charge in [0.2, 0.25) is 5.91 Å². The molecule has 0 radical (unpaired) electrons. The molecule has 1 aliphatic rings. The highest BCUT2D eigenvalue weighted by molar-refractivity contribution is 7.99. The van der Waals surface area contributed by atoms with E-state index in [1.807, 2.05) is 23.7 Å². The van der Waals surface area contributed by atoms with Crippen LogP contribution in [-0.4, -0.2) is 46.1 Å². The Morgan fingerprint density at radius 3 is 2.44 bits per heavy atom. The highest BCUT2D eigenvalue weighted by atomic mass is 32.2. The van der Waals surface area contributed by atoms with E-state index in [9.17, 15) is 9.90 Å². The fraction of sp³-hybridized carbons (Fsp3) is 0.929. The number of nitrogens with zero attached hydrogens (tertiary/aromatic N) is 1. The van der Waals surface area contributed by atoms with E-state index in [1.54, 1.807) is 0 Å². The normalized spacial score (nSPS) is 20.1. The molecule has 1 amide bonds. The first-order valence-corrected chi connectivity index (χ1v) is 8.23. The fourth-order valence-corrected chi connectivity index (χ4v) is 3.94. The lowest BCUT2D eigenvalue weighted by molar-refractivity contribution is -0.137. The maximum atomic E-state index is 12.3. The van der Waals surface area contributed by atoms with Crippen molar-refractivity contribution >= 4 is 17.7 Å². The second kappa shape index (κ2) is 7.39. The summed E-state index contributed by atoms with van der Waals surface area (Å²) in [6, 6.07) is 0.370. The van der Waals surface area contributed by atoms with Crippen LogP contribution in [0.15, 0.2) is 0 Å². The maximum Gasteiger partial charge on any atom is 0.225 e. The molecule has 1 heterocycles. The molecule has 0 bridgehead atoms. The second-order valence-corrected chi connectivity index (χ2v) is 6.57. The molecule has 0 aromatic heterocycles. The minimum absolute atomic E-state index is 0.104. The molecule has 0 saturated carbocycles. The van der Waals surface area contributed by atoms with Gasteiger partial charge in [-0.05, 0) is 25.0 Å². The van der Waals surface area contributed by atoms with Gasteiger partial charge in [-0.3, -0.25) is 4.79 Å². The smallest absolute Gasteiger partial charge is 0.225 e. The van der Waals surface area contributed by atoms with E-state index in [2.05, 4.69) is 13.8 Å². The van der Waals surface area contributed by atoms with Crippen LogP contribution in [-0.2, 0) is 4.79 Å². The predicted molar refractivity (Wildman–Crippen MR) is 77.9 cm³/mol. The molecule has 106 valence electrons. The van der Waals surface area contributed by atoms with Gasteiger partial charge in [-0.2, -0.15) is 11.8 Å². The van der Waals surface area contributed by atoms with Crippen LogP contribution in [0.25, 0.3) is 0 Å². The summed E-state index contributed by atoms with van der Waals surface area (Å²) in [4.78, 5) is 14.1. The molecule has 0 aromatic carbocycles. The van der Waals surface area contributed by atoms with Gasteiger partial charge in [-0.25, -0.2) is 0 Å². The summed E-state index contributed by atoms with van der Waals surface area (Å²) in [6.45, 7) is 4.12. The fourth-order valence-electron chi connectivity index (χ4n) is 2.67. The average molecular weight is 273 g/mol. The topological polar surface area (TPSA) is 40.5 Å². The molecule has 3 nitrogen and oxygen atoms in total. The number of rotatable bonds is 7. The standard InChI is InChI=1S/C14H27NO2S/c1-4-7-14(17,8-5-2)10-13(16)15(3)12-6-9-18-11-12/h12,17H,4-11H2,1-3H3. The van der Waals surface area contributed by atoms with Crippen LogP contribution in [0.3, 0.4) is 0 Å². The summed E-state index contributed by atoms with van der Waals surface area (Å²) in [6.07, 6.45) is 4.67. The molecule has 18 heavy (non-hydrogen) atoms. The minimum atomic E-state index is -0.791. The average Bonchev–Trinajstić information content (AvgIpc) is 2.81. The number of carbonyl (C=O) groups excluding carboxylic acids is 1. The van der Waals surface area contributed by atoms with Crippen LogP contribution >= 0.6 is 11.8 Å². The van der Waals surface area contributed by atoms with Crippen molar-refractivity contribution in [3.8, 4) is 0 Å². The Morgan fingerprint density at radius 1 is 1.39 bits per heavy atom. The molecular formula is C14H27NO2S. The lowest BCUT2D eigenvalue weighted by atomic mass is 9.88. The van der Waals surface area contributed by atoms with Crippen LogP contribution in [0.4, 0.5) is 0 Å². The van der Waals surface area contributed by atoms with E-state index < -0.39 is 5.60 Å². The lowest BCUT2D eigenvalue weighted by Gasteiger charge is -2.31. The summed E-state index contributed by atoms with van der Waals surface area (Å²) in [5.41, 5.74) is -0.791. The number of hydrogen-bond acceptors (Lipinski definition) is 3. The van der Waals surface area contributed by atoms with Gasteiger partial charge in [0.25, 0.3) is 0 Å². The zero-order valence-electron chi connectivity index (χ0n) is 11.9. The van der Waals surface area contributed by atoms with E-state index >= 15 is 0 Å². The largest absolute Gasteiger partial charge is 0.389 e. The van der Waals surface area contributed by atoms with E-state index in [4.69, 9.17) is 0 Å². The Balaban J connectivity index is 2.54. The van der Waals surface area contributed by atoms with Crippen molar-refractivity contribution in [3.63, 3.8) is 0 Å². The third-order valence-electron chi connectivity index (χ3n) is 3.76. The predicted octanol–water partition coefficient (Wildman–Crippen LogP) is 2.67. The molecule has 1 N–H and O–H groups in total. The molecule has 0 aromatic rings. The Bertz CT molecular complexity index is 259. The Hall–Kier alpha value is -0.220. The van der Waals surface area contributed by atoms with Crippen molar-refractivity contribution in [2.24, 2.45) is 0 Å². The Morgan fingerprint density at radius 2 is 2.00 bits per heavy atom. The Kier molecular flexibility index (Phi) is 6.50. The lowest BCUT2D eigenvalue weighted by Crippen LogP contribution is -2.42. The van der Waals surface area contributed by atoms with Crippen molar-refractivity contribution in [1.82, 2.24) is 4.90 Å². The first kappa shape index (κ1) is 15.8. The van der Waals surface area contributed by atoms with Gasteiger partial charge in [0.1, 0.15) is 0 Å². The molecule has 4 heteroatoms. The van der Waals surface area contributed by atoms with Gasteiger partial charge in [0, 0.05) is 18.8 Å². The van der Waals surface area contributed by atoms with Crippen molar-refractivity contribution in [1.29, 1.82) is 0 Å². The molecule has 0 spiro atoms. The third kappa shape index (κ3) is 4.47. The SMILES string of the molecule is CCCC(O)(CCC)CC(=O)N(C)C1CCSC1. The van der Waals surface area contributed by atoms with Gasteiger partial charge in [0.05, 0.1) is 12.0 Å². The van der Waals surface area contributed by atoms with Crippen molar-refractivity contribution < 1.29 is 9.90 Å². The van der Waals surface area contributed by atoms with Gasteiger partial charge >= 0.3 is 0 Å². The molecule has 0 aliphatic carbocycles. The summed E-state index contributed by atoms with van der Waals surface area (Å²) < 4.78 is 0. The minimum Gasteiger partial charge on any atom is -0.389 e. The van der Waals surface area contributed by atoms with Gasteiger partial charge < -0.3 is 10.0 Å². The van der Waals surface area contributed by atoms with Crippen molar-refractivity contribution in [2.75, 3.05) is 18.6 Å². The van der Waals surface area contributed by atoms with Crippen molar-refractivity contribution in [2.45, 2.75) is 64.0 Å². The summed E-state index contributed by atoms with van der Waals surface area (Å²) in [7, 11) is 1.89. The first-order chi connectivity index (χ1) is 8.52. The third-order valence-corrected chi connectivity index (χ3v) is 4.90. The molecule has 1 unspecified atom stereocenters. The summed E-state index contributed by atoms with van der Waals surface area (Å²) in [5.74, 6) is 2.30. The van der Waals surface area contributed by atoms with Crippen LogP contribution < -0.4 is 0 Å². The second-order valence-electron chi connectivity index (χ2n) is 5.42. The van der Waals surface area contributed by atoms with Crippen molar-refractivity contribution in [3.05, 3.63) is 0 Å². The molecule has 1 saturated heterocycles. The summed E-state index contributed by atoms with van der Waals surface area (Å²) >= 11 is 1.91.